The monoisotopic (exact) mass is 561 g/mol. The molecular weight excluding hydrogens is 537 g/mol. The number of carbonyl (C=O) groups excluding carboxylic acids is 2. The number of Topliss-reactive ketones (excluding diaryl/α,β-unsaturated/α-hetero) is 1. The summed E-state index contributed by atoms with van der Waals surface area (Å²) < 4.78 is 0. The first-order chi connectivity index (χ1) is 11.2. The molecule has 1 radical (unpaired) electrons. The van der Waals surface area contributed by atoms with E-state index < -0.39 is 0 Å². The molecule has 1 fully saturated rings. The first kappa shape index (κ1) is 22.1. The fraction of sp³-hybridized carbons (Fsp3) is 0.588. The Hall–Kier alpha value is 0.0416. The van der Waals surface area contributed by atoms with Crippen molar-refractivity contribution in [2.75, 3.05) is 31.1 Å². The molecular formula is C17H24AcN3O2S-. The number of nitrogens with zero attached hydrogens (tertiary/aromatic N) is 2. The molecule has 0 aliphatic carbocycles. The quantitative estimate of drug-likeness (QED) is 0.362. The zero-order chi connectivity index (χ0) is 16.5. The number of likely N-dealkylation sites (tertiary alicyclic amines) is 1. The molecule has 0 saturated carbocycles. The van der Waals surface area contributed by atoms with E-state index in [-0.39, 0.29) is 68.1 Å². The first-order valence-corrected chi connectivity index (χ1v) is 9.32. The number of carbonyl (C=O) groups is 2. The van der Waals surface area contributed by atoms with Crippen LogP contribution >= 0.6 is 11.8 Å². The average Bonchev–Trinajstić information content (AvgIpc) is 2.62. The maximum atomic E-state index is 12.7. The van der Waals surface area contributed by atoms with Crippen molar-refractivity contribution in [3.8, 4) is 0 Å². The third-order valence-electron chi connectivity index (χ3n) is 4.01. The van der Waals surface area contributed by atoms with E-state index in [1.165, 1.54) is 6.42 Å². The molecule has 1 aliphatic rings. The van der Waals surface area contributed by atoms with Gasteiger partial charge in [0.25, 0.3) is 0 Å². The van der Waals surface area contributed by atoms with Gasteiger partial charge in [-0.3, -0.25) is 14.6 Å². The van der Waals surface area contributed by atoms with Crippen LogP contribution in [0.1, 0.15) is 36.0 Å². The van der Waals surface area contributed by atoms with E-state index in [4.69, 9.17) is 5.73 Å². The Balaban J connectivity index is 0.00000288. The van der Waals surface area contributed by atoms with Crippen LogP contribution in [0.4, 0.5) is 0 Å². The SMILES string of the molecule is [Ac].[NH-]CCSCC(CC(=O)N1CCCCC1)C(=O)c1cccnc1. The third kappa shape index (κ3) is 7.11. The summed E-state index contributed by atoms with van der Waals surface area (Å²) in [6.07, 6.45) is 6.76. The Bertz CT molecular complexity index is 510. The molecule has 1 atom stereocenters. The van der Waals surface area contributed by atoms with Gasteiger partial charge in [0.15, 0.2) is 5.78 Å². The van der Waals surface area contributed by atoms with Gasteiger partial charge in [-0.25, -0.2) is 0 Å². The Kier molecular flexibility index (Phi) is 11.4. The standard InChI is InChI=1S/C17H24N3O2S.Ac/c18-6-10-23-13-15(17(22)14-5-4-7-19-12-14)11-16(21)20-8-2-1-3-9-20;/h4-5,7,12,15,18H,1-3,6,8-11,13H2;/q-1;. The van der Waals surface area contributed by atoms with Crippen molar-refractivity contribution in [2.24, 2.45) is 5.92 Å². The Morgan fingerprint density at radius 3 is 2.67 bits per heavy atom. The number of ketones is 1. The van der Waals surface area contributed by atoms with Crippen LogP contribution < -0.4 is 0 Å². The molecule has 7 heteroatoms. The van der Waals surface area contributed by atoms with Crippen molar-refractivity contribution in [3.05, 3.63) is 35.8 Å². The van der Waals surface area contributed by atoms with Gasteiger partial charge in [0.2, 0.25) is 5.91 Å². The summed E-state index contributed by atoms with van der Waals surface area (Å²) in [6, 6.07) is 3.50. The number of pyridine rings is 1. The average molecular weight is 561 g/mol. The number of piperidine rings is 1. The largest absolute Gasteiger partial charge is 0.677 e. The second-order valence-electron chi connectivity index (χ2n) is 5.77. The molecule has 0 spiro atoms. The predicted molar refractivity (Wildman–Crippen MR) is 93.6 cm³/mol. The fourth-order valence-electron chi connectivity index (χ4n) is 2.75. The molecule has 1 saturated heterocycles. The van der Waals surface area contributed by atoms with Crippen LogP contribution in [0.15, 0.2) is 24.5 Å². The molecule has 2 heterocycles. The van der Waals surface area contributed by atoms with Gasteiger partial charge >= 0.3 is 0 Å². The van der Waals surface area contributed by atoms with E-state index in [0.29, 0.717) is 23.6 Å². The molecule has 1 amide bonds. The molecule has 2 rings (SSSR count). The summed E-state index contributed by atoms with van der Waals surface area (Å²) in [5.41, 5.74) is 7.79. The molecule has 1 N–H and O–H groups in total. The molecule has 0 aromatic carbocycles. The number of amides is 1. The molecule has 1 aromatic rings. The van der Waals surface area contributed by atoms with Gasteiger partial charge in [-0.05, 0) is 37.1 Å². The van der Waals surface area contributed by atoms with Gasteiger partial charge in [-0.1, -0.05) is 0 Å². The van der Waals surface area contributed by atoms with Gasteiger partial charge < -0.3 is 10.6 Å². The van der Waals surface area contributed by atoms with Crippen LogP contribution in [-0.2, 0) is 4.79 Å². The van der Waals surface area contributed by atoms with E-state index in [9.17, 15) is 9.59 Å². The fourth-order valence-corrected chi connectivity index (χ4v) is 3.62. The summed E-state index contributed by atoms with van der Waals surface area (Å²) in [4.78, 5) is 31.1. The number of hydrogen-bond acceptors (Lipinski definition) is 4. The molecule has 1 aliphatic heterocycles. The van der Waals surface area contributed by atoms with Crippen molar-refractivity contribution < 1.29 is 53.7 Å². The van der Waals surface area contributed by atoms with Crippen molar-refractivity contribution >= 4 is 23.5 Å². The normalized spacial score (nSPS) is 15.5. The first-order valence-electron chi connectivity index (χ1n) is 8.16. The summed E-state index contributed by atoms with van der Waals surface area (Å²) in [6.45, 7) is 1.96. The number of aromatic nitrogens is 1. The van der Waals surface area contributed by atoms with Crippen molar-refractivity contribution in [2.45, 2.75) is 25.7 Å². The summed E-state index contributed by atoms with van der Waals surface area (Å²) in [5.74, 6) is 1.02. The summed E-state index contributed by atoms with van der Waals surface area (Å²) in [5, 5.41) is 0. The van der Waals surface area contributed by atoms with Crippen LogP contribution in [0, 0.1) is 50.0 Å². The van der Waals surface area contributed by atoms with Crippen molar-refractivity contribution in [3.63, 3.8) is 0 Å². The molecule has 0 bridgehead atoms. The van der Waals surface area contributed by atoms with Gasteiger partial charge in [-0.15, -0.1) is 6.54 Å². The zero-order valence-corrected chi connectivity index (χ0v) is 19.5. The zero-order valence-electron chi connectivity index (χ0n) is 13.9. The molecule has 129 valence electrons. The smallest absolute Gasteiger partial charge is 0.223 e. The van der Waals surface area contributed by atoms with Gasteiger partial charge in [0, 0.05) is 93.2 Å². The van der Waals surface area contributed by atoms with Crippen molar-refractivity contribution in [1.82, 2.24) is 9.88 Å². The van der Waals surface area contributed by atoms with Gasteiger partial charge in [-0.2, -0.15) is 11.8 Å². The Morgan fingerprint density at radius 1 is 1.29 bits per heavy atom. The molecule has 1 aromatic heterocycles. The maximum Gasteiger partial charge on any atom is 0.223 e. The summed E-state index contributed by atoms with van der Waals surface area (Å²) >= 11 is 1.57. The molecule has 24 heavy (non-hydrogen) atoms. The van der Waals surface area contributed by atoms with Gasteiger partial charge in [0.05, 0.1) is 0 Å². The Labute approximate surface area is 184 Å². The maximum absolute atomic E-state index is 12.7. The van der Waals surface area contributed by atoms with Crippen LogP contribution in [0.2, 0.25) is 0 Å². The molecule has 5 nitrogen and oxygen atoms in total. The van der Waals surface area contributed by atoms with Crippen molar-refractivity contribution in [1.29, 1.82) is 0 Å². The van der Waals surface area contributed by atoms with Crippen LogP contribution in [0.3, 0.4) is 0 Å². The van der Waals surface area contributed by atoms with Gasteiger partial charge in [0.1, 0.15) is 0 Å². The van der Waals surface area contributed by atoms with E-state index in [0.717, 1.165) is 25.9 Å². The second kappa shape index (κ2) is 12.4. The minimum Gasteiger partial charge on any atom is -0.677 e. The number of thioether (sulfide) groups is 1. The van der Waals surface area contributed by atoms with Crippen LogP contribution in [-0.4, -0.2) is 52.7 Å². The van der Waals surface area contributed by atoms with Crippen LogP contribution in [0.25, 0.3) is 5.73 Å². The second-order valence-corrected chi connectivity index (χ2v) is 6.92. The van der Waals surface area contributed by atoms with E-state index in [1.54, 1.807) is 36.3 Å². The minimum absolute atomic E-state index is 0. The number of hydrogen-bond donors (Lipinski definition) is 0. The van der Waals surface area contributed by atoms with E-state index in [1.807, 2.05) is 4.90 Å². The number of nitrogens with one attached hydrogen (secondary N) is 1. The predicted octanol–water partition coefficient (Wildman–Crippen LogP) is 3.07. The number of rotatable bonds is 8. The third-order valence-corrected chi connectivity index (χ3v) is 5.14. The topological polar surface area (TPSA) is 74.1 Å². The summed E-state index contributed by atoms with van der Waals surface area (Å²) in [7, 11) is 0. The van der Waals surface area contributed by atoms with E-state index >= 15 is 0 Å². The van der Waals surface area contributed by atoms with Crippen LogP contribution in [0.5, 0.6) is 0 Å². The van der Waals surface area contributed by atoms with E-state index in [2.05, 4.69) is 4.98 Å². The Morgan fingerprint density at radius 2 is 2.04 bits per heavy atom. The minimum atomic E-state index is -0.329. The molecule has 1 unspecified atom stereocenters.